The van der Waals surface area contributed by atoms with Crippen LogP contribution in [0, 0.1) is 3.70 Å². The molecule has 1 heterocycles. The summed E-state index contributed by atoms with van der Waals surface area (Å²) in [5, 5.41) is 4.12. The van der Waals surface area contributed by atoms with E-state index in [2.05, 4.69) is 5.10 Å². The number of methoxy groups -OCH3 is 1. The van der Waals surface area contributed by atoms with Crippen LogP contribution in [0.3, 0.4) is 0 Å². The molecule has 1 aromatic heterocycles. The van der Waals surface area contributed by atoms with Crippen LogP contribution in [0.15, 0.2) is 0 Å². The Morgan fingerprint density at radius 1 is 1.57 bits per heavy atom. The van der Waals surface area contributed by atoms with Crippen molar-refractivity contribution < 1.29 is 9.53 Å². The topological polar surface area (TPSA) is 47.4 Å². The molecule has 0 saturated carbocycles. The van der Waals surface area contributed by atoms with Gasteiger partial charge in [0.2, 0.25) is 0 Å². The number of amides is 1. The Hall–Kier alpha value is -0.790. The van der Waals surface area contributed by atoms with Gasteiger partial charge in [0, 0.05) is 21.1 Å². The Labute approximate surface area is 96.2 Å². The van der Waals surface area contributed by atoms with Crippen molar-refractivity contribution in [3.63, 3.8) is 0 Å². The zero-order chi connectivity index (χ0) is 10.9. The second kappa shape index (κ2) is 4.16. The fraction of sp³-hybridized carbons (Fsp3) is 0.500. The number of hydrogen-bond acceptors (Lipinski definition) is 3. The van der Waals surface area contributed by atoms with Crippen LogP contribution >= 0.6 is 22.6 Å². The van der Waals surface area contributed by atoms with Crippen LogP contribution in [0.2, 0.25) is 0 Å². The number of nitrogens with zero attached hydrogens (tertiary/aromatic N) is 3. The van der Waals surface area contributed by atoms with Crippen LogP contribution in [0.1, 0.15) is 10.5 Å². The van der Waals surface area contributed by atoms with Crippen molar-refractivity contribution in [2.45, 2.75) is 0 Å². The Kier molecular flexibility index (Phi) is 3.35. The summed E-state index contributed by atoms with van der Waals surface area (Å²) in [6.45, 7) is 0. The first-order valence-electron chi connectivity index (χ1n) is 3.97. The maximum absolute atomic E-state index is 11.7. The Balaban J connectivity index is 3.25. The minimum absolute atomic E-state index is 0.111. The van der Waals surface area contributed by atoms with Gasteiger partial charge in [-0.15, -0.1) is 0 Å². The lowest BCUT2D eigenvalue weighted by atomic mass is 10.3. The molecule has 0 spiro atoms. The van der Waals surface area contributed by atoms with Crippen LogP contribution in [-0.2, 0) is 7.05 Å². The number of halogens is 1. The maximum Gasteiger partial charge on any atom is 0.275 e. The molecular weight excluding hydrogens is 297 g/mol. The summed E-state index contributed by atoms with van der Waals surface area (Å²) in [6, 6.07) is 0. The van der Waals surface area contributed by atoms with E-state index >= 15 is 0 Å². The number of hydrogen-bond donors (Lipinski definition) is 0. The molecule has 0 aromatic carbocycles. The van der Waals surface area contributed by atoms with Gasteiger partial charge in [-0.05, 0) is 22.6 Å². The molecule has 0 fully saturated rings. The molecule has 0 unspecified atom stereocenters. The van der Waals surface area contributed by atoms with Gasteiger partial charge in [0.25, 0.3) is 5.91 Å². The highest BCUT2D eigenvalue weighted by Crippen LogP contribution is 2.24. The van der Waals surface area contributed by atoms with Crippen LogP contribution < -0.4 is 4.74 Å². The van der Waals surface area contributed by atoms with E-state index in [0.717, 1.165) is 0 Å². The van der Waals surface area contributed by atoms with Crippen molar-refractivity contribution in [2.24, 2.45) is 7.05 Å². The van der Waals surface area contributed by atoms with E-state index in [1.165, 1.54) is 16.7 Å². The van der Waals surface area contributed by atoms with Gasteiger partial charge in [0.15, 0.2) is 15.1 Å². The summed E-state index contributed by atoms with van der Waals surface area (Å²) >= 11 is 2.04. The van der Waals surface area contributed by atoms with Gasteiger partial charge in [-0.2, -0.15) is 5.10 Å². The number of aryl methyl sites for hydroxylation is 1. The van der Waals surface area contributed by atoms with E-state index < -0.39 is 0 Å². The molecule has 1 amide bonds. The van der Waals surface area contributed by atoms with Crippen LogP contribution in [0.4, 0.5) is 0 Å². The molecular formula is C8H12IN3O2. The van der Waals surface area contributed by atoms with Crippen molar-refractivity contribution in [1.29, 1.82) is 0 Å². The van der Waals surface area contributed by atoms with Crippen molar-refractivity contribution in [1.82, 2.24) is 14.7 Å². The lowest BCUT2D eigenvalue weighted by Gasteiger charge is -2.11. The summed E-state index contributed by atoms with van der Waals surface area (Å²) in [6.07, 6.45) is 0. The van der Waals surface area contributed by atoms with Gasteiger partial charge in [-0.3, -0.25) is 9.48 Å². The zero-order valence-electron chi connectivity index (χ0n) is 8.54. The molecule has 0 aliphatic heterocycles. The molecule has 6 heteroatoms. The lowest BCUT2D eigenvalue weighted by molar-refractivity contribution is 0.0813. The van der Waals surface area contributed by atoms with Gasteiger partial charge in [-0.25, -0.2) is 0 Å². The second-order valence-corrected chi connectivity index (χ2v) is 4.02. The average Bonchev–Trinajstić information content (AvgIpc) is 2.38. The highest BCUT2D eigenvalue weighted by atomic mass is 127. The van der Waals surface area contributed by atoms with Gasteiger partial charge in [-0.1, -0.05) is 0 Å². The van der Waals surface area contributed by atoms with Crippen molar-refractivity contribution in [3.8, 4) is 5.75 Å². The third kappa shape index (κ3) is 1.84. The van der Waals surface area contributed by atoms with Gasteiger partial charge >= 0.3 is 0 Å². The Bertz CT molecular complexity index is 360. The number of carbonyl (C=O) groups excluding carboxylic acids is 1. The third-order valence-corrected chi connectivity index (χ3v) is 2.48. The summed E-state index contributed by atoms with van der Waals surface area (Å²) in [5.74, 6) is 0.423. The molecule has 1 aromatic rings. The molecule has 0 saturated heterocycles. The second-order valence-electron chi connectivity index (χ2n) is 3.00. The summed E-state index contributed by atoms with van der Waals surface area (Å²) in [7, 11) is 6.65. The fourth-order valence-corrected chi connectivity index (χ4v) is 1.90. The number of rotatable bonds is 2. The smallest absolute Gasteiger partial charge is 0.275 e. The monoisotopic (exact) mass is 309 g/mol. The van der Waals surface area contributed by atoms with Crippen molar-refractivity contribution >= 4 is 28.5 Å². The average molecular weight is 309 g/mol. The molecule has 0 atom stereocenters. The Morgan fingerprint density at radius 3 is 2.57 bits per heavy atom. The standard InChI is InChI=1S/C8H12IN3O2/c1-11(2)8(13)5-6(14-4)7(9)10-12(5)3/h1-4H3. The number of carbonyl (C=O) groups is 1. The van der Waals surface area contributed by atoms with E-state index in [-0.39, 0.29) is 5.91 Å². The predicted molar refractivity (Wildman–Crippen MR) is 60.5 cm³/mol. The van der Waals surface area contributed by atoms with Gasteiger partial charge in [0.05, 0.1) is 7.11 Å². The molecule has 0 aliphatic rings. The number of ether oxygens (including phenoxy) is 1. The van der Waals surface area contributed by atoms with Gasteiger partial charge < -0.3 is 9.64 Å². The van der Waals surface area contributed by atoms with E-state index in [0.29, 0.717) is 15.1 Å². The quantitative estimate of drug-likeness (QED) is 0.757. The fourth-order valence-electron chi connectivity index (χ4n) is 1.10. The van der Waals surface area contributed by atoms with Gasteiger partial charge in [0.1, 0.15) is 0 Å². The minimum Gasteiger partial charge on any atom is -0.492 e. The molecule has 5 nitrogen and oxygen atoms in total. The first-order chi connectivity index (χ1) is 6.49. The lowest BCUT2D eigenvalue weighted by Crippen LogP contribution is -2.24. The molecule has 0 aliphatic carbocycles. The largest absolute Gasteiger partial charge is 0.492 e. The highest BCUT2D eigenvalue weighted by molar-refractivity contribution is 14.1. The minimum atomic E-state index is -0.111. The van der Waals surface area contributed by atoms with Crippen LogP contribution in [-0.4, -0.2) is 41.8 Å². The molecule has 0 bridgehead atoms. The molecule has 1 rings (SSSR count). The summed E-state index contributed by atoms with van der Waals surface area (Å²) in [5.41, 5.74) is 0.474. The Morgan fingerprint density at radius 2 is 2.14 bits per heavy atom. The van der Waals surface area contributed by atoms with Crippen LogP contribution in [0.25, 0.3) is 0 Å². The number of aromatic nitrogens is 2. The SMILES string of the molecule is COc1c(I)nn(C)c1C(=O)N(C)C. The molecule has 78 valence electrons. The highest BCUT2D eigenvalue weighted by Gasteiger charge is 2.22. The summed E-state index contributed by atoms with van der Waals surface area (Å²) in [4.78, 5) is 13.2. The van der Waals surface area contributed by atoms with E-state index in [4.69, 9.17) is 4.74 Å². The van der Waals surface area contributed by atoms with Crippen molar-refractivity contribution in [3.05, 3.63) is 9.39 Å². The van der Waals surface area contributed by atoms with Crippen LogP contribution in [0.5, 0.6) is 5.75 Å². The van der Waals surface area contributed by atoms with Crippen molar-refractivity contribution in [2.75, 3.05) is 21.2 Å². The summed E-state index contributed by atoms with van der Waals surface area (Å²) < 4.78 is 7.35. The predicted octanol–water partition coefficient (Wildman–Crippen LogP) is 0.735. The van der Waals surface area contributed by atoms with E-state index in [9.17, 15) is 4.79 Å². The van der Waals surface area contributed by atoms with E-state index in [1.807, 2.05) is 22.6 Å². The third-order valence-electron chi connectivity index (χ3n) is 1.78. The molecule has 0 N–H and O–H groups in total. The molecule has 14 heavy (non-hydrogen) atoms. The maximum atomic E-state index is 11.7. The zero-order valence-corrected chi connectivity index (χ0v) is 10.7. The normalized spacial score (nSPS) is 10.1. The first-order valence-corrected chi connectivity index (χ1v) is 5.05. The first kappa shape index (κ1) is 11.3. The van der Waals surface area contributed by atoms with E-state index in [1.54, 1.807) is 21.1 Å². The molecule has 0 radical (unpaired) electrons.